The van der Waals surface area contributed by atoms with Gasteiger partial charge in [0.15, 0.2) is 0 Å². The van der Waals surface area contributed by atoms with Crippen molar-refractivity contribution in [3.63, 3.8) is 0 Å². The average Bonchev–Trinajstić information content (AvgIpc) is 2.69. The topological polar surface area (TPSA) is 18.5 Å². The van der Waals surface area contributed by atoms with Gasteiger partial charge in [0.1, 0.15) is 12.4 Å². The lowest BCUT2D eigenvalue weighted by Crippen LogP contribution is -2.06. The van der Waals surface area contributed by atoms with Crippen LogP contribution >= 0.6 is 0 Å². The molecule has 0 saturated heterocycles. The van der Waals surface area contributed by atoms with E-state index in [9.17, 15) is 0 Å². The highest BCUT2D eigenvalue weighted by Crippen LogP contribution is 2.12. The molecule has 2 heteroatoms. The number of ether oxygens (including phenoxy) is 2. The summed E-state index contributed by atoms with van der Waals surface area (Å²) in [6.07, 6.45) is 6.38. The molecular formula is C24H30O2. The van der Waals surface area contributed by atoms with Crippen molar-refractivity contribution in [3.8, 4) is 17.6 Å². The van der Waals surface area contributed by atoms with Gasteiger partial charge in [-0.3, -0.25) is 0 Å². The Morgan fingerprint density at radius 2 is 1.38 bits per heavy atom. The molecule has 0 N–H and O–H groups in total. The highest BCUT2D eigenvalue weighted by atomic mass is 16.5. The fraction of sp³-hybridized carbons (Fsp3) is 0.417. The number of aryl methyl sites for hydroxylation is 1. The molecule has 0 amide bonds. The molecule has 0 bridgehead atoms. The first-order chi connectivity index (χ1) is 12.8. The van der Waals surface area contributed by atoms with Gasteiger partial charge >= 0.3 is 0 Å². The zero-order chi connectivity index (χ0) is 18.5. The van der Waals surface area contributed by atoms with Crippen LogP contribution in [0.25, 0.3) is 0 Å². The first-order valence-corrected chi connectivity index (χ1v) is 9.73. The van der Waals surface area contributed by atoms with Crippen LogP contribution < -0.4 is 4.74 Å². The van der Waals surface area contributed by atoms with E-state index in [1.165, 1.54) is 37.7 Å². The van der Waals surface area contributed by atoms with E-state index in [4.69, 9.17) is 9.47 Å². The van der Waals surface area contributed by atoms with E-state index in [-0.39, 0.29) is 0 Å². The summed E-state index contributed by atoms with van der Waals surface area (Å²) in [7, 11) is 0. The second-order valence-corrected chi connectivity index (χ2v) is 6.33. The van der Waals surface area contributed by atoms with Crippen LogP contribution in [0.1, 0.15) is 56.2 Å². The van der Waals surface area contributed by atoms with Gasteiger partial charge in [0.25, 0.3) is 0 Å². The van der Waals surface area contributed by atoms with Crippen molar-refractivity contribution in [2.45, 2.75) is 46.0 Å². The van der Waals surface area contributed by atoms with Crippen molar-refractivity contribution in [2.75, 3.05) is 19.8 Å². The molecule has 0 spiro atoms. The maximum Gasteiger partial charge on any atom is 0.119 e. The van der Waals surface area contributed by atoms with Crippen LogP contribution in [0.2, 0.25) is 0 Å². The molecule has 0 heterocycles. The van der Waals surface area contributed by atoms with Crippen LogP contribution in [-0.2, 0) is 11.2 Å². The lowest BCUT2D eigenvalue weighted by molar-refractivity contribution is 0.110. The standard InChI is InChI=1S/C24H30O2/c1-3-5-6-7-8-21-9-11-22(12-10-21)13-14-23-15-17-24(18-16-23)26-20-19-25-4-2/h9-12,15-18H,3-8,19-20H2,1-2H3. The minimum atomic E-state index is 0.573. The molecule has 2 rings (SSSR count). The second-order valence-electron chi connectivity index (χ2n) is 6.33. The molecule has 0 aliphatic heterocycles. The number of benzene rings is 2. The summed E-state index contributed by atoms with van der Waals surface area (Å²) < 4.78 is 10.9. The van der Waals surface area contributed by atoms with E-state index in [1.807, 2.05) is 31.2 Å². The third-order valence-corrected chi connectivity index (χ3v) is 4.18. The average molecular weight is 351 g/mol. The zero-order valence-corrected chi connectivity index (χ0v) is 16.1. The predicted octanol–water partition coefficient (Wildman–Crippen LogP) is 5.62. The molecule has 0 fully saturated rings. The molecule has 26 heavy (non-hydrogen) atoms. The smallest absolute Gasteiger partial charge is 0.119 e. The summed E-state index contributed by atoms with van der Waals surface area (Å²) in [5.41, 5.74) is 3.45. The molecule has 2 aromatic carbocycles. The SMILES string of the molecule is CCCCCCc1ccc(C#Cc2ccc(OCCOCC)cc2)cc1. The van der Waals surface area contributed by atoms with Gasteiger partial charge in [-0.15, -0.1) is 0 Å². The van der Waals surface area contributed by atoms with Crippen LogP contribution in [-0.4, -0.2) is 19.8 Å². The monoisotopic (exact) mass is 350 g/mol. The fourth-order valence-corrected chi connectivity index (χ4v) is 2.65. The lowest BCUT2D eigenvalue weighted by atomic mass is 10.0. The van der Waals surface area contributed by atoms with E-state index in [0.29, 0.717) is 13.2 Å². The summed E-state index contributed by atoms with van der Waals surface area (Å²) in [5.74, 6) is 7.30. The molecule has 0 radical (unpaired) electrons. The van der Waals surface area contributed by atoms with E-state index in [0.717, 1.165) is 23.5 Å². The molecule has 138 valence electrons. The minimum Gasteiger partial charge on any atom is -0.491 e. The number of hydrogen-bond donors (Lipinski definition) is 0. The fourth-order valence-electron chi connectivity index (χ4n) is 2.65. The number of rotatable bonds is 10. The van der Waals surface area contributed by atoms with Crippen molar-refractivity contribution < 1.29 is 9.47 Å². The Morgan fingerprint density at radius 3 is 2.00 bits per heavy atom. The highest BCUT2D eigenvalue weighted by Gasteiger charge is 1.96. The van der Waals surface area contributed by atoms with E-state index in [1.54, 1.807) is 0 Å². The molecular weight excluding hydrogens is 320 g/mol. The molecule has 2 aromatic rings. The second kappa shape index (κ2) is 12.2. The number of hydrogen-bond acceptors (Lipinski definition) is 2. The molecule has 0 aliphatic rings. The van der Waals surface area contributed by atoms with Gasteiger partial charge in [0, 0.05) is 17.7 Å². The Kier molecular flexibility index (Phi) is 9.40. The molecule has 2 nitrogen and oxygen atoms in total. The minimum absolute atomic E-state index is 0.573. The van der Waals surface area contributed by atoms with Crippen LogP contribution in [0, 0.1) is 11.8 Å². The normalized spacial score (nSPS) is 10.2. The Hall–Kier alpha value is -2.24. The Morgan fingerprint density at radius 1 is 0.731 bits per heavy atom. The van der Waals surface area contributed by atoms with Crippen molar-refractivity contribution >= 4 is 0 Å². The third-order valence-electron chi connectivity index (χ3n) is 4.18. The van der Waals surface area contributed by atoms with Gasteiger partial charge in [-0.05, 0) is 61.7 Å². The van der Waals surface area contributed by atoms with Gasteiger partial charge in [-0.25, -0.2) is 0 Å². The largest absolute Gasteiger partial charge is 0.491 e. The van der Waals surface area contributed by atoms with Crippen LogP contribution in [0.5, 0.6) is 5.75 Å². The first kappa shape index (κ1) is 20.1. The molecule has 0 aliphatic carbocycles. The summed E-state index contributed by atoms with van der Waals surface area (Å²) in [4.78, 5) is 0. The van der Waals surface area contributed by atoms with Gasteiger partial charge in [-0.2, -0.15) is 0 Å². The lowest BCUT2D eigenvalue weighted by Gasteiger charge is -2.05. The summed E-state index contributed by atoms with van der Waals surface area (Å²) in [5, 5.41) is 0. The van der Waals surface area contributed by atoms with Crippen molar-refractivity contribution in [3.05, 3.63) is 65.2 Å². The van der Waals surface area contributed by atoms with Gasteiger partial charge in [0.05, 0.1) is 6.61 Å². The Bertz CT molecular complexity index is 615. The number of unbranched alkanes of at least 4 members (excludes halogenated alkanes) is 3. The molecule has 0 saturated carbocycles. The van der Waals surface area contributed by atoms with Crippen LogP contribution in [0.4, 0.5) is 0 Å². The maximum atomic E-state index is 5.61. The van der Waals surface area contributed by atoms with E-state index < -0.39 is 0 Å². The van der Waals surface area contributed by atoms with Gasteiger partial charge < -0.3 is 9.47 Å². The van der Waals surface area contributed by atoms with Crippen molar-refractivity contribution in [1.82, 2.24) is 0 Å². The Balaban J connectivity index is 1.82. The van der Waals surface area contributed by atoms with E-state index >= 15 is 0 Å². The van der Waals surface area contributed by atoms with Crippen LogP contribution in [0.15, 0.2) is 48.5 Å². The highest BCUT2D eigenvalue weighted by molar-refractivity contribution is 5.44. The molecule has 0 atom stereocenters. The maximum absolute atomic E-state index is 5.61. The predicted molar refractivity (Wildman–Crippen MR) is 109 cm³/mol. The first-order valence-electron chi connectivity index (χ1n) is 9.73. The van der Waals surface area contributed by atoms with Crippen molar-refractivity contribution in [2.24, 2.45) is 0 Å². The quantitative estimate of drug-likeness (QED) is 0.409. The van der Waals surface area contributed by atoms with Crippen molar-refractivity contribution in [1.29, 1.82) is 0 Å². The Labute approximate surface area is 158 Å². The van der Waals surface area contributed by atoms with Gasteiger partial charge in [-0.1, -0.05) is 50.2 Å². The van der Waals surface area contributed by atoms with Crippen LogP contribution in [0.3, 0.4) is 0 Å². The summed E-state index contributed by atoms with van der Waals surface area (Å²) in [6.45, 7) is 6.14. The zero-order valence-electron chi connectivity index (χ0n) is 16.1. The molecule has 0 unspecified atom stereocenters. The van der Waals surface area contributed by atoms with Gasteiger partial charge in [0.2, 0.25) is 0 Å². The third kappa shape index (κ3) is 7.76. The molecule has 0 aromatic heterocycles. The summed E-state index contributed by atoms with van der Waals surface area (Å²) in [6, 6.07) is 16.5. The summed E-state index contributed by atoms with van der Waals surface area (Å²) >= 11 is 0. The van der Waals surface area contributed by atoms with E-state index in [2.05, 4.69) is 43.0 Å².